The minimum absolute atomic E-state index is 0.0494. The molecule has 3 rings (SSSR count). The predicted molar refractivity (Wildman–Crippen MR) is 109 cm³/mol. The van der Waals surface area contributed by atoms with Crippen LogP contribution in [0.15, 0.2) is 52.4 Å². The molecule has 1 aromatic heterocycles. The summed E-state index contributed by atoms with van der Waals surface area (Å²) in [7, 11) is 1.54. The van der Waals surface area contributed by atoms with Crippen molar-refractivity contribution in [3.8, 4) is 28.8 Å². The summed E-state index contributed by atoms with van der Waals surface area (Å²) in [4.78, 5) is 19.1. The Morgan fingerprint density at radius 3 is 2.61 bits per heavy atom. The lowest BCUT2D eigenvalue weighted by Gasteiger charge is -2.13. The van der Waals surface area contributed by atoms with Crippen molar-refractivity contribution in [2.24, 2.45) is 0 Å². The topological polar surface area (TPSA) is 88.0 Å². The summed E-state index contributed by atoms with van der Waals surface area (Å²) in [6.45, 7) is 0.307. The summed E-state index contributed by atoms with van der Waals surface area (Å²) < 4.78 is 11.3. The number of aromatic amines is 1. The molecule has 1 heterocycles. The first-order valence-electron chi connectivity index (χ1n) is 8.19. The van der Waals surface area contributed by atoms with E-state index in [0.29, 0.717) is 39.5 Å². The molecule has 3 aromatic rings. The minimum atomic E-state index is -0.476. The first-order valence-corrected chi connectivity index (χ1v) is 9.80. The molecule has 0 aliphatic carbocycles. The Bertz CT molecular complexity index is 1090. The van der Waals surface area contributed by atoms with E-state index in [1.165, 1.54) is 11.8 Å². The lowest BCUT2D eigenvalue weighted by Crippen LogP contribution is -2.14. The van der Waals surface area contributed by atoms with Crippen LogP contribution < -0.4 is 15.0 Å². The summed E-state index contributed by atoms with van der Waals surface area (Å²) in [6, 6.07) is 14.4. The van der Waals surface area contributed by atoms with Crippen molar-refractivity contribution in [2.45, 2.75) is 11.8 Å². The summed E-state index contributed by atoms with van der Waals surface area (Å²) in [6.07, 6.45) is 1.79. The quantitative estimate of drug-likeness (QED) is 0.479. The number of thioether (sulfide) groups is 1. The monoisotopic (exact) mass is 413 g/mol. The Balaban J connectivity index is 1.99. The van der Waals surface area contributed by atoms with E-state index in [4.69, 9.17) is 21.1 Å². The number of nitrogens with zero attached hydrogens (tertiary/aromatic N) is 2. The van der Waals surface area contributed by atoms with Gasteiger partial charge in [-0.3, -0.25) is 4.79 Å². The highest BCUT2D eigenvalue weighted by atomic mass is 35.5. The number of methoxy groups -OCH3 is 1. The SMILES string of the molecule is COc1ccc(-c2nc(SC)[nH]c(=O)c2C#N)cc1OCc1ccc(Cl)cc1. The molecular weight excluding hydrogens is 398 g/mol. The van der Waals surface area contributed by atoms with Gasteiger partial charge in [0.1, 0.15) is 18.2 Å². The van der Waals surface area contributed by atoms with Crippen LogP contribution in [0.5, 0.6) is 11.5 Å². The average Bonchev–Trinajstić information content (AvgIpc) is 2.72. The minimum Gasteiger partial charge on any atom is -0.493 e. The molecule has 0 fully saturated rings. The van der Waals surface area contributed by atoms with Crippen LogP contribution in [-0.2, 0) is 6.61 Å². The number of hydrogen-bond acceptors (Lipinski definition) is 6. The van der Waals surface area contributed by atoms with Gasteiger partial charge in [-0.25, -0.2) is 4.98 Å². The van der Waals surface area contributed by atoms with E-state index >= 15 is 0 Å². The highest BCUT2D eigenvalue weighted by molar-refractivity contribution is 7.98. The summed E-state index contributed by atoms with van der Waals surface area (Å²) >= 11 is 7.20. The van der Waals surface area contributed by atoms with Crippen molar-refractivity contribution in [3.63, 3.8) is 0 Å². The lowest BCUT2D eigenvalue weighted by atomic mass is 10.1. The first kappa shape index (κ1) is 19.8. The largest absolute Gasteiger partial charge is 0.493 e. The second-order valence-electron chi connectivity index (χ2n) is 5.69. The molecule has 0 amide bonds. The van der Waals surface area contributed by atoms with Crippen LogP contribution in [0, 0.1) is 11.3 Å². The third-order valence-electron chi connectivity index (χ3n) is 3.95. The number of nitriles is 1. The van der Waals surface area contributed by atoms with E-state index in [-0.39, 0.29) is 5.56 Å². The Labute approximate surface area is 171 Å². The molecule has 0 aliphatic rings. The van der Waals surface area contributed by atoms with Crippen molar-refractivity contribution >= 4 is 23.4 Å². The number of halogens is 1. The van der Waals surface area contributed by atoms with Crippen molar-refractivity contribution in [2.75, 3.05) is 13.4 Å². The van der Waals surface area contributed by atoms with Gasteiger partial charge in [-0.15, -0.1) is 0 Å². The number of nitrogens with one attached hydrogen (secondary N) is 1. The van der Waals surface area contributed by atoms with Crippen molar-refractivity contribution in [1.82, 2.24) is 9.97 Å². The molecule has 0 bridgehead atoms. The molecule has 0 aliphatic heterocycles. The molecule has 0 atom stereocenters. The normalized spacial score (nSPS) is 10.4. The highest BCUT2D eigenvalue weighted by Gasteiger charge is 2.16. The smallest absolute Gasteiger partial charge is 0.270 e. The van der Waals surface area contributed by atoms with Gasteiger partial charge in [-0.2, -0.15) is 5.26 Å². The van der Waals surface area contributed by atoms with Crippen molar-refractivity contribution in [1.29, 1.82) is 5.26 Å². The maximum atomic E-state index is 12.2. The Kier molecular flexibility index (Phi) is 6.24. The molecule has 0 unspecified atom stereocenters. The van der Waals surface area contributed by atoms with Crippen molar-refractivity contribution in [3.05, 3.63) is 69.0 Å². The summed E-state index contributed by atoms with van der Waals surface area (Å²) in [5, 5.41) is 10.5. The van der Waals surface area contributed by atoms with Gasteiger partial charge >= 0.3 is 0 Å². The third-order valence-corrected chi connectivity index (χ3v) is 4.78. The second-order valence-corrected chi connectivity index (χ2v) is 6.92. The first-order chi connectivity index (χ1) is 13.5. The number of rotatable bonds is 6. The molecule has 8 heteroatoms. The van der Waals surface area contributed by atoms with E-state index in [2.05, 4.69) is 9.97 Å². The fourth-order valence-corrected chi connectivity index (χ4v) is 3.04. The summed E-state index contributed by atoms with van der Waals surface area (Å²) in [5.74, 6) is 1.01. The molecule has 0 spiro atoms. The second kappa shape index (κ2) is 8.83. The standard InChI is InChI=1S/C20H16ClN3O3S/c1-26-16-8-5-13(18-15(10-22)19(25)24-20(23-18)28-2)9-17(16)27-11-12-3-6-14(21)7-4-12/h3-9H,11H2,1-2H3,(H,23,24,25). The van der Waals surface area contributed by atoms with E-state index in [9.17, 15) is 10.1 Å². The van der Waals surface area contributed by atoms with Gasteiger partial charge in [-0.05, 0) is 42.2 Å². The maximum Gasteiger partial charge on any atom is 0.270 e. The Morgan fingerprint density at radius 2 is 1.96 bits per heavy atom. The van der Waals surface area contributed by atoms with Gasteiger partial charge in [0, 0.05) is 10.6 Å². The number of ether oxygens (including phenoxy) is 2. The molecule has 28 heavy (non-hydrogen) atoms. The summed E-state index contributed by atoms with van der Waals surface area (Å²) in [5.41, 5.74) is 1.30. The van der Waals surface area contributed by atoms with E-state index in [1.807, 2.05) is 18.2 Å². The molecule has 1 N–H and O–H groups in total. The van der Waals surface area contributed by atoms with Gasteiger partial charge in [-0.1, -0.05) is 35.5 Å². The maximum absolute atomic E-state index is 12.2. The van der Waals surface area contributed by atoms with Crippen LogP contribution in [0.2, 0.25) is 5.02 Å². The van der Waals surface area contributed by atoms with Crippen LogP contribution in [0.25, 0.3) is 11.3 Å². The molecule has 2 aromatic carbocycles. The lowest BCUT2D eigenvalue weighted by molar-refractivity contribution is 0.284. The number of H-pyrrole nitrogens is 1. The van der Waals surface area contributed by atoms with Gasteiger partial charge in [0.25, 0.3) is 5.56 Å². The van der Waals surface area contributed by atoms with Gasteiger partial charge in [0.05, 0.1) is 12.8 Å². The number of aromatic nitrogens is 2. The van der Waals surface area contributed by atoms with Crippen LogP contribution in [0.1, 0.15) is 11.1 Å². The van der Waals surface area contributed by atoms with E-state index < -0.39 is 5.56 Å². The Morgan fingerprint density at radius 1 is 1.21 bits per heavy atom. The highest BCUT2D eigenvalue weighted by Crippen LogP contribution is 2.33. The van der Waals surface area contributed by atoms with Gasteiger partial charge < -0.3 is 14.5 Å². The molecule has 6 nitrogen and oxygen atoms in total. The number of hydrogen-bond donors (Lipinski definition) is 1. The van der Waals surface area contributed by atoms with Crippen LogP contribution in [-0.4, -0.2) is 23.3 Å². The molecule has 0 radical (unpaired) electrons. The molecule has 0 saturated carbocycles. The fourth-order valence-electron chi connectivity index (χ4n) is 2.54. The van der Waals surface area contributed by atoms with Crippen LogP contribution >= 0.6 is 23.4 Å². The van der Waals surface area contributed by atoms with E-state index in [0.717, 1.165) is 5.56 Å². The third kappa shape index (κ3) is 4.30. The Hall–Kier alpha value is -2.95. The number of benzene rings is 2. The van der Waals surface area contributed by atoms with Gasteiger partial charge in [0.15, 0.2) is 16.7 Å². The zero-order valence-electron chi connectivity index (χ0n) is 15.2. The van der Waals surface area contributed by atoms with E-state index in [1.54, 1.807) is 43.7 Å². The zero-order chi connectivity index (χ0) is 20.1. The van der Waals surface area contributed by atoms with Gasteiger partial charge in [0.2, 0.25) is 0 Å². The zero-order valence-corrected chi connectivity index (χ0v) is 16.7. The molecular formula is C20H16ClN3O3S. The average molecular weight is 414 g/mol. The molecule has 142 valence electrons. The van der Waals surface area contributed by atoms with Crippen LogP contribution in [0.3, 0.4) is 0 Å². The fraction of sp³-hybridized carbons (Fsp3) is 0.150. The molecule has 0 saturated heterocycles. The van der Waals surface area contributed by atoms with Crippen molar-refractivity contribution < 1.29 is 9.47 Å². The van der Waals surface area contributed by atoms with Crippen LogP contribution in [0.4, 0.5) is 0 Å². The predicted octanol–water partition coefficient (Wildman–Crippen LogP) is 4.27.